The quantitative estimate of drug-likeness (QED) is 0.618. The first kappa shape index (κ1) is 8.71. The summed E-state index contributed by atoms with van der Waals surface area (Å²) in [6, 6.07) is 3.55. The zero-order chi connectivity index (χ0) is 9.14. The van der Waals surface area contributed by atoms with Crippen LogP contribution in [0.5, 0.6) is 0 Å². The van der Waals surface area contributed by atoms with Crippen molar-refractivity contribution in [2.24, 2.45) is 0 Å². The van der Waals surface area contributed by atoms with E-state index in [1.807, 2.05) is 19.0 Å². The molecule has 0 fully saturated rings. The third kappa shape index (κ3) is 1.61. The van der Waals surface area contributed by atoms with Crippen LogP contribution in [-0.4, -0.2) is 24.9 Å². The SMILES string of the molecule is CC(=O)c1cccnc1N(C)C. The molecule has 1 aromatic heterocycles. The molecule has 3 heteroatoms. The monoisotopic (exact) mass is 164 g/mol. The highest BCUT2D eigenvalue weighted by molar-refractivity contribution is 5.98. The van der Waals surface area contributed by atoms with E-state index in [-0.39, 0.29) is 5.78 Å². The minimum Gasteiger partial charge on any atom is -0.362 e. The number of hydrogen-bond acceptors (Lipinski definition) is 3. The first-order valence-corrected chi connectivity index (χ1v) is 3.76. The maximum absolute atomic E-state index is 11.1. The minimum absolute atomic E-state index is 0.0480. The fraction of sp³-hybridized carbons (Fsp3) is 0.333. The molecule has 12 heavy (non-hydrogen) atoms. The molecule has 0 aliphatic carbocycles. The van der Waals surface area contributed by atoms with Crippen molar-refractivity contribution in [3.63, 3.8) is 0 Å². The van der Waals surface area contributed by atoms with Gasteiger partial charge in [0.1, 0.15) is 5.82 Å². The Balaban J connectivity index is 3.17. The van der Waals surface area contributed by atoms with Gasteiger partial charge in [-0.25, -0.2) is 4.98 Å². The number of aromatic nitrogens is 1. The molecule has 0 aliphatic heterocycles. The highest BCUT2D eigenvalue weighted by atomic mass is 16.1. The van der Waals surface area contributed by atoms with E-state index in [1.54, 1.807) is 25.3 Å². The van der Waals surface area contributed by atoms with Gasteiger partial charge in [0.2, 0.25) is 0 Å². The Morgan fingerprint density at radius 1 is 1.50 bits per heavy atom. The normalized spacial score (nSPS) is 9.58. The van der Waals surface area contributed by atoms with Crippen LogP contribution in [0.25, 0.3) is 0 Å². The Labute approximate surface area is 72.0 Å². The van der Waals surface area contributed by atoms with Crippen molar-refractivity contribution < 1.29 is 4.79 Å². The maximum atomic E-state index is 11.1. The van der Waals surface area contributed by atoms with Gasteiger partial charge in [-0.2, -0.15) is 0 Å². The van der Waals surface area contributed by atoms with Crippen molar-refractivity contribution >= 4 is 11.6 Å². The summed E-state index contributed by atoms with van der Waals surface area (Å²) in [6.45, 7) is 1.55. The van der Waals surface area contributed by atoms with Gasteiger partial charge in [0.05, 0.1) is 5.56 Å². The van der Waals surface area contributed by atoms with Crippen LogP contribution >= 0.6 is 0 Å². The number of hydrogen-bond donors (Lipinski definition) is 0. The highest BCUT2D eigenvalue weighted by Gasteiger charge is 2.08. The number of ketones is 1. The summed E-state index contributed by atoms with van der Waals surface area (Å²) < 4.78 is 0. The van der Waals surface area contributed by atoms with Gasteiger partial charge in [-0.05, 0) is 19.1 Å². The van der Waals surface area contributed by atoms with Crippen molar-refractivity contribution in [2.75, 3.05) is 19.0 Å². The second kappa shape index (κ2) is 3.34. The Bertz CT molecular complexity index is 294. The van der Waals surface area contributed by atoms with E-state index in [0.29, 0.717) is 5.56 Å². The van der Waals surface area contributed by atoms with Gasteiger partial charge in [0.25, 0.3) is 0 Å². The third-order valence-electron chi connectivity index (χ3n) is 1.59. The molecule has 1 rings (SSSR count). The lowest BCUT2D eigenvalue weighted by Gasteiger charge is -2.13. The number of carbonyl (C=O) groups is 1. The van der Waals surface area contributed by atoms with Gasteiger partial charge in [0.15, 0.2) is 5.78 Å². The van der Waals surface area contributed by atoms with Crippen LogP contribution in [0.2, 0.25) is 0 Å². The summed E-state index contributed by atoms with van der Waals surface area (Å²) in [7, 11) is 3.74. The molecule has 1 heterocycles. The van der Waals surface area contributed by atoms with Gasteiger partial charge in [-0.15, -0.1) is 0 Å². The van der Waals surface area contributed by atoms with Gasteiger partial charge in [-0.3, -0.25) is 4.79 Å². The number of nitrogens with zero attached hydrogens (tertiary/aromatic N) is 2. The van der Waals surface area contributed by atoms with Crippen LogP contribution in [-0.2, 0) is 0 Å². The Morgan fingerprint density at radius 2 is 2.17 bits per heavy atom. The lowest BCUT2D eigenvalue weighted by Crippen LogP contribution is -2.14. The van der Waals surface area contributed by atoms with Gasteiger partial charge in [0, 0.05) is 20.3 Å². The Morgan fingerprint density at radius 3 is 2.58 bits per heavy atom. The van der Waals surface area contributed by atoms with E-state index >= 15 is 0 Å². The van der Waals surface area contributed by atoms with Gasteiger partial charge < -0.3 is 4.90 Å². The topological polar surface area (TPSA) is 33.2 Å². The molecule has 0 aromatic carbocycles. The zero-order valence-corrected chi connectivity index (χ0v) is 7.53. The van der Waals surface area contributed by atoms with E-state index in [0.717, 1.165) is 5.82 Å². The van der Waals surface area contributed by atoms with Crippen LogP contribution in [0.1, 0.15) is 17.3 Å². The first-order valence-electron chi connectivity index (χ1n) is 3.76. The molecule has 0 aliphatic rings. The highest BCUT2D eigenvalue weighted by Crippen LogP contribution is 2.14. The summed E-state index contributed by atoms with van der Waals surface area (Å²) in [5.74, 6) is 0.775. The molecular formula is C9H12N2O. The summed E-state index contributed by atoms with van der Waals surface area (Å²) in [6.07, 6.45) is 1.68. The fourth-order valence-electron chi connectivity index (χ4n) is 1.03. The molecule has 64 valence electrons. The van der Waals surface area contributed by atoms with Gasteiger partial charge in [-0.1, -0.05) is 0 Å². The predicted molar refractivity (Wildman–Crippen MR) is 48.6 cm³/mol. The molecule has 0 atom stereocenters. The average molecular weight is 164 g/mol. The Kier molecular flexibility index (Phi) is 2.43. The van der Waals surface area contributed by atoms with Crippen molar-refractivity contribution in [3.8, 4) is 0 Å². The molecule has 0 radical (unpaired) electrons. The largest absolute Gasteiger partial charge is 0.362 e. The smallest absolute Gasteiger partial charge is 0.163 e. The minimum atomic E-state index is 0.0480. The number of Topliss-reactive ketones (excluding diaryl/α,β-unsaturated/α-hetero) is 1. The molecule has 1 aromatic rings. The Hall–Kier alpha value is -1.38. The lowest BCUT2D eigenvalue weighted by molar-refractivity contribution is 0.101. The molecule has 3 nitrogen and oxygen atoms in total. The van der Waals surface area contributed by atoms with Crippen LogP contribution in [0.15, 0.2) is 18.3 Å². The van der Waals surface area contributed by atoms with E-state index in [4.69, 9.17) is 0 Å². The molecule has 0 bridgehead atoms. The molecule has 0 N–H and O–H groups in total. The van der Waals surface area contributed by atoms with Gasteiger partial charge >= 0.3 is 0 Å². The molecular weight excluding hydrogens is 152 g/mol. The maximum Gasteiger partial charge on any atom is 0.163 e. The summed E-state index contributed by atoms with van der Waals surface area (Å²) in [5, 5.41) is 0. The third-order valence-corrected chi connectivity index (χ3v) is 1.59. The van der Waals surface area contributed by atoms with E-state index in [9.17, 15) is 4.79 Å². The molecule has 0 amide bonds. The number of rotatable bonds is 2. The number of carbonyl (C=O) groups excluding carboxylic acids is 1. The predicted octanol–water partition coefficient (Wildman–Crippen LogP) is 1.35. The van der Waals surface area contributed by atoms with E-state index < -0.39 is 0 Å². The summed E-state index contributed by atoms with van der Waals surface area (Å²) in [4.78, 5) is 17.0. The second-order valence-corrected chi connectivity index (χ2v) is 2.83. The number of pyridine rings is 1. The van der Waals surface area contributed by atoms with Crippen molar-refractivity contribution in [1.82, 2.24) is 4.98 Å². The zero-order valence-electron chi connectivity index (χ0n) is 7.53. The molecule has 0 spiro atoms. The fourth-order valence-corrected chi connectivity index (χ4v) is 1.03. The lowest BCUT2D eigenvalue weighted by atomic mass is 10.2. The van der Waals surface area contributed by atoms with Crippen LogP contribution < -0.4 is 4.90 Å². The average Bonchev–Trinajstić information content (AvgIpc) is 2.04. The first-order chi connectivity index (χ1) is 5.63. The van der Waals surface area contributed by atoms with Crippen molar-refractivity contribution in [1.29, 1.82) is 0 Å². The van der Waals surface area contributed by atoms with E-state index in [2.05, 4.69) is 4.98 Å². The van der Waals surface area contributed by atoms with Crippen LogP contribution in [0, 0.1) is 0 Å². The summed E-state index contributed by atoms with van der Waals surface area (Å²) in [5.41, 5.74) is 0.669. The van der Waals surface area contributed by atoms with Crippen molar-refractivity contribution in [2.45, 2.75) is 6.92 Å². The standard InChI is InChI=1S/C9H12N2O/c1-7(12)8-5-4-6-10-9(8)11(2)3/h4-6H,1-3H3. The molecule has 0 saturated carbocycles. The van der Waals surface area contributed by atoms with Crippen LogP contribution in [0.3, 0.4) is 0 Å². The number of anilines is 1. The molecule has 0 saturated heterocycles. The van der Waals surface area contributed by atoms with Crippen LogP contribution in [0.4, 0.5) is 5.82 Å². The van der Waals surface area contributed by atoms with Crippen molar-refractivity contribution in [3.05, 3.63) is 23.9 Å². The second-order valence-electron chi connectivity index (χ2n) is 2.83. The summed E-state index contributed by atoms with van der Waals surface area (Å²) >= 11 is 0. The van der Waals surface area contributed by atoms with E-state index in [1.165, 1.54) is 0 Å². The molecule has 0 unspecified atom stereocenters.